The van der Waals surface area contributed by atoms with Crippen LogP contribution in [0.3, 0.4) is 0 Å². The molecule has 0 aromatic heterocycles. The summed E-state index contributed by atoms with van der Waals surface area (Å²) in [6, 6.07) is 0. The summed E-state index contributed by atoms with van der Waals surface area (Å²) in [6.45, 7) is 10.0. The summed E-state index contributed by atoms with van der Waals surface area (Å²) in [6.07, 6.45) is 0. The number of nitroso groups, excluding NO2 is 2. The first-order chi connectivity index (χ1) is 6.96. The zero-order valence-electron chi connectivity index (χ0n) is 10.8. The van der Waals surface area contributed by atoms with Crippen molar-refractivity contribution in [1.29, 1.82) is 0 Å². The van der Waals surface area contributed by atoms with Crippen LogP contribution >= 0.6 is 0 Å². The van der Waals surface area contributed by atoms with Crippen LogP contribution in [0, 0.1) is 9.81 Å². The van der Waals surface area contributed by atoms with E-state index in [0.29, 0.717) is 10.3 Å². The first-order valence-corrected chi connectivity index (χ1v) is 4.61. The molecule has 0 aliphatic rings. The van der Waals surface area contributed by atoms with Crippen molar-refractivity contribution in [3.63, 3.8) is 0 Å². The Labute approximate surface area is 111 Å². The van der Waals surface area contributed by atoms with Crippen molar-refractivity contribution >= 4 is 0 Å². The van der Waals surface area contributed by atoms with Gasteiger partial charge in [0.25, 0.3) is 0 Å². The molecule has 0 amide bonds. The molecule has 1 radical (unpaired) electrons. The van der Waals surface area contributed by atoms with Gasteiger partial charge in [0.2, 0.25) is 0 Å². The molecule has 9 heteroatoms. The van der Waals surface area contributed by atoms with Crippen LogP contribution in [0.5, 0.6) is 0 Å². The Bertz CT molecular complexity index is 203. The van der Waals surface area contributed by atoms with Gasteiger partial charge < -0.3 is 0 Å². The Morgan fingerprint density at radius 1 is 0.765 bits per heavy atom. The first-order valence-electron chi connectivity index (χ1n) is 4.61. The summed E-state index contributed by atoms with van der Waals surface area (Å²) in [5.41, 5.74) is -1.16. The second-order valence-corrected chi connectivity index (χ2v) is 5.08. The predicted molar refractivity (Wildman–Crippen MR) is 58.3 cm³/mol. The summed E-state index contributed by atoms with van der Waals surface area (Å²) in [7, 11) is 0. The minimum atomic E-state index is -0.582. The van der Waals surface area contributed by atoms with E-state index in [2.05, 4.69) is 10.6 Å². The van der Waals surface area contributed by atoms with Crippen LogP contribution in [-0.2, 0) is 17.1 Å². The third-order valence-corrected chi connectivity index (χ3v) is 1.35. The Morgan fingerprint density at radius 3 is 0.941 bits per heavy atom. The molecule has 0 aromatic rings. The Hall–Kier alpha value is -0.761. The van der Waals surface area contributed by atoms with E-state index >= 15 is 0 Å². The van der Waals surface area contributed by atoms with Gasteiger partial charge in [-0.05, 0) is 41.5 Å². The monoisotopic (exact) mass is 299 g/mol. The number of hydrogen-bond acceptors (Lipinski definition) is 6. The molecule has 0 aliphatic carbocycles. The molecule has 0 atom stereocenters. The van der Waals surface area contributed by atoms with E-state index in [-0.39, 0.29) is 17.1 Å². The van der Waals surface area contributed by atoms with E-state index in [1.807, 2.05) is 0 Å². The van der Waals surface area contributed by atoms with E-state index in [1.54, 1.807) is 41.5 Å². The van der Waals surface area contributed by atoms with Crippen LogP contribution in [0.25, 0.3) is 0 Å². The predicted octanol–water partition coefficient (Wildman–Crippen LogP) is 2.31. The van der Waals surface area contributed by atoms with E-state index in [0.717, 1.165) is 0 Å². The van der Waals surface area contributed by atoms with Crippen molar-refractivity contribution in [3.8, 4) is 0 Å². The molecule has 0 unspecified atom stereocenters. The van der Waals surface area contributed by atoms with Crippen molar-refractivity contribution in [1.82, 2.24) is 10.3 Å². The van der Waals surface area contributed by atoms with Crippen molar-refractivity contribution in [2.24, 2.45) is 10.6 Å². The largest absolute Gasteiger partial charge is 0.269 e. The van der Waals surface area contributed by atoms with E-state index in [1.165, 1.54) is 0 Å². The number of hydrogen-bond donors (Lipinski definition) is 2. The molecule has 0 spiro atoms. The molecule has 0 heterocycles. The van der Waals surface area contributed by atoms with Gasteiger partial charge in [-0.2, -0.15) is 0 Å². The molecule has 0 rings (SSSR count). The minimum absolute atomic E-state index is 0. The standard InChI is InChI=1S/2C4H10N2O2.Cu/c2*1-4(2,3)6(8)5-7;/h2*8H,1-3H3;. The molecule has 0 aliphatic heterocycles. The summed E-state index contributed by atoms with van der Waals surface area (Å²) in [5, 5.41) is 22.5. The van der Waals surface area contributed by atoms with Crippen molar-refractivity contribution in [2.75, 3.05) is 0 Å². The van der Waals surface area contributed by atoms with Crippen molar-refractivity contribution < 1.29 is 27.5 Å². The number of nitrogens with zero attached hydrogens (tertiary/aromatic N) is 4. The maximum absolute atomic E-state index is 9.58. The van der Waals surface area contributed by atoms with E-state index in [9.17, 15) is 9.81 Å². The molecule has 0 bridgehead atoms. The fraction of sp³-hybridized carbons (Fsp3) is 1.00. The quantitative estimate of drug-likeness (QED) is 0.460. The normalized spacial score (nSPS) is 10.4. The van der Waals surface area contributed by atoms with Crippen LogP contribution in [0.2, 0.25) is 0 Å². The van der Waals surface area contributed by atoms with Crippen LogP contribution in [-0.4, -0.2) is 31.8 Å². The van der Waals surface area contributed by atoms with Gasteiger partial charge in [0.05, 0.1) is 21.6 Å². The van der Waals surface area contributed by atoms with Crippen LogP contribution < -0.4 is 0 Å². The molecule has 0 saturated heterocycles. The average molecular weight is 300 g/mol. The van der Waals surface area contributed by atoms with Crippen LogP contribution in [0.4, 0.5) is 0 Å². The Balaban J connectivity index is -0.000000218. The van der Waals surface area contributed by atoms with Gasteiger partial charge >= 0.3 is 0 Å². The smallest absolute Gasteiger partial charge is 0.0811 e. The summed E-state index contributed by atoms with van der Waals surface area (Å²) < 4.78 is 0. The third kappa shape index (κ3) is 11.5. The molecule has 2 N–H and O–H groups in total. The summed E-state index contributed by atoms with van der Waals surface area (Å²) >= 11 is 0. The van der Waals surface area contributed by atoms with Crippen LogP contribution in [0.15, 0.2) is 10.6 Å². The van der Waals surface area contributed by atoms with Gasteiger partial charge in [-0.25, -0.2) is 0 Å². The SMILES string of the molecule is CC(C)(C)N(O)N=O.CC(C)(C)N(O)N=O.[Cu]. The van der Waals surface area contributed by atoms with Gasteiger partial charge in [0, 0.05) is 17.1 Å². The van der Waals surface area contributed by atoms with Gasteiger partial charge in [0.15, 0.2) is 0 Å². The molecule has 0 saturated carbocycles. The number of rotatable bonds is 2. The van der Waals surface area contributed by atoms with E-state index in [4.69, 9.17) is 10.4 Å². The summed E-state index contributed by atoms with van der Waals surface area (Å²) in [5.74, 6) is 0. The molecule has 0 aromatic carbocycles. The van der Waals surface area contributed by atoms with Crippen LogP contribution in [0.1, 0.15) is 41.5 Å². The van der Waals surface area contributed by atoms with Crippen molar-refractivity contribution in [2.45, 2.75) is 52.6 Å². The Kier molecular flexibility index (Phi) is 10.6. The second-order valence-electron chi connectivity index (χ2n) is 5.08. The van der Waals surface area contributed by atoms with Gasteiger partial charge in [-0.3, -0.25) is 10.4 Å². The Morgan fingerprint density at radius 2 is 0.941 bits per heavy atom. The molecule has 107 valence electrons. The fourth-order valence-corrected chi connectivity index (χ4v) is 0.245. The fourth-order valence-electron chi connectivity index (χ4n) is 0.245. The minimum Gasteiger partial charge on any atom is -0.269 e. The van der Waals surface area contributed by atoms with E-state index < -0.39 is 11.1 Å². The first kappa shape index (κ1) is 21.5. The zero-order chi connectivity index (χ0) is 13.6. The topological polar surface area (TPSA) is 106 Å². The molecule has 17 heavy (non-hydrogen) atoms. The maximum atomic E-state index is 9.58. The molecule has 0 fully saturated rings. The van der Waals surface area contributed by atoms with Gasteiger partial charge in [0.1, 0.15) is 0 Å². The van der Waals surface area contributed by atoms with Crippen molar-refractivity contribution in [3.05, 3.63) is 9.81 Å². The summed E-state index contributed by atoms with van der Waals surface area (Å²) in [4.78, 5) is 19.2. The maximum Gasteiger partial charge on any atom is 0.0811 e. The number of hydroxylamine groups is 2. The molecular weight excluding hydrogens is 280 g/mol. The van der Waals surface area contributed by atoms with Gasteiger partial charge in [-0.15, -0.1) is 20.2 Å². The average Bonchev–Trinajstić information content (AvgIpc) is 2.13. The second kappa shape index (κ2) is 8.35. The molecule has 8 nitrogen and oxygen atoms in total. The third-order valence-electron chi connectivity index (χ3n) is 1.35. The molecular formula is C8H20CuN4O4. The van der Waals surface area contributed by atoms with Gasteiger partial charge in [-0.1, -0.05) is 0 Å². The zero-order valence-corrected chi connectivity index (χ0v) is 11.7.